The molecule has 2 fully saturated rings. The molecule has 1 saturated carbocycles. The smallest absolute Gasteiger partial charge is 0.305 e. The summed E-state index contributed by atoms with van der Waals surface area (Å²) in [6.45, 7) is 3.40. The minimum absolute atomic E-state index is 0.0795. The first kappa shape index (κ1) is 15.7. The van der Waals surface area contributed by atoms with Gasteiger partial charge in [0, 0.05) is 18.3 Å². The first-order valence-electron chi connectivity index (χ1n) is 7.72. The van der Waals surface area contributed by atoms with Crippen molar-refractivity contribution in [2.45, 2.75) is 57.7 Å². The van der Waals surface area contributed by atoms with Crippen LogP contribution in [-0.4, -0.2) is 43.3 Å². The van der Waals surface area contributed by atoms with Crippen molar-refractivity contribution in [3.8, 4) is 0 Å². The number of ether oxygens (including phenoxy) is 3. The minimum atomic E-state index is -0.489. The fourth-order valence-electron chi connectivity index (χ4n) is 3.69. The van der Waals surface area contributed by atoms with E-state index in [1.54, 1.807) is 0 Å². The molecule has 1 heterocycles. The number of esters is 1. The Morgan fingerprint density at radius 3 is 2.60 bits per heavy atom. The van der Waals surface area contributed by atoms with Gasteiger partial charge in [0.25, 0.3) is 0 Å². The van der Waals surface area contributed by atoms with Gasteiger partial charge in [-0.25, -0.2) is 0 Å². The molecule has 1 saturated heterocycles. The Balaban J connectivity index is 2.01. The van der Waals surface area contributed by atoms with Gasteiger partial charge in [0.15, 0.2) is 5.79 Å². The molecule has 0 amide bonds. The first-order valence-corrected chi connectivity index (χ1v) is 7.72. The van der Waals surface area contributed by atoms with Gasteiger partial charge in [-0.2, -0.15) is 0 Å². The average Bonchev–Trinajstić information content (AvgIpc) is 2.94. The van der Waals surface area contributed by atoms with Gasteiger partial charge in [0.05, 0.1) is 19.8 Å². The lowest BCUT2D eigenvalue weighted by atomic mass is 9.65. The Bertz CT molecular complexity index is 324. The van der Waals surface area contributed by atoms with Crippen LogP contribution in [0.2, 0.25) is 0 Å². The van der Waals surface area contributed by atoms with E-state index in [9.17, 15) is 4.79 Å². The zero-order chi connectivity index (χ0) is 14.5. The highest BCUT2D eigenvalue weighted by molar-refractivity contribution is 5.69. The van der Waals surface area contributed by atoms with Crippen LogP contribution in [0.1, 0.15) is 51.9 Å². The molecule has 116 valence electrons. The Labute approximate surface area is 120 Å². The van der Waals surface area contributed by atoms with Crippen molar-refractivity contribution in [1.82, 2.24) is 0 Å². The molecule has 0 aromatic carbocycles. The molecule has 0 aromatic rings. The van der Waals surface area contributed by atoms with Gasteiger partial charge in [0.1, 0.15) is 6.61 Å². The summed E-state index contributed by atoms with van der Waals surface area (Å²) in [6, 6.07) is 0. The van der Waals surface area contributed by atoms with Crippen LogP contribution < -0.4 is 0 Å². The largest absolute Gasteiger partial charge is 0.463 e. The van der Waals surface area contributed by atoms with E-state index in [-0.39, 0.29) is 24.6 Å². The molecular formula is C15H26O5. The van der Waals surface area contributed by atoms with Crippen LogP contribution in [0.3, 0.4) is 0 Å². The fraction of sp³-hybridized carbons (Fsp3) is 0.933. The minimum Gasteiger partial charge on any atom is -0.463 e. The number of aliphatic hydroxyl groups is 1. The maximum absolute atomic E-state index is 11.7. The van der Waals surface area contributed by atoms with E-state index in [2.05, 4.69) is 6.92 Å². The van der Waals surface area contributed by atoms with E-state index >= 15 is 0 Å². The average molecular weight is 286 g/mol. The number of aliphatic hydroxyl groups excluding tert-OH is 1. The zero-order valence-corrected chi connectivity index (χ0v) is 12.4. The predicted molar refractivity (Wildman–Crippen MR) is 73.1 cm³/mol. The summed E-state index contributed by atoms with van der Waals surface area (Å²) in [5.74, 6) is -0.734. The third-order valence-electron chi connectivity index (χ3n) is 4.81. The van der Waals surface area contributed by atoms with Gasteiger partial charge < -0.3 is 19.3 Å². The van der Waals surface area contributed by atoms with E-state index in [1.165, 1.54) is 0 Å². The van der Waals surface area contributed by atoms with Crippen LogP contribution in [0.25, 0.3) is 0 Å². The Morgan fingerprint density at radius 2 is 1.95 bits per heavy atom. The van der Waals surface area contributed by atoms with E-state index in [0.717, 1.165) is 38.5 Å². The summed E-state index contributed by atoms with van der Waals surface area (Å²) in [7, 11) is 0. The molecule has 2 rings (SSSR count). The molecular weight excluding hydrogens is 260 g/mol. The van der Waals surface area contributed by atoms with Crippen molar-refractivity contribution in [1.29, 1.82) is 0 Å². The first-order chi connectivity index (χ1) is 9.68. The second-order valence-electron chi connectivity index (χ2n) is 5.73. The molecule has 5 heteroatoms. The lowest BCUT2D eigenvalue weighted by Gasteiger charge is -2.49. The number of hydrogen-bond donors (Lipinski definition) is 1. The highest BCUT2D eigenvalue weighted by Crippen LogP contribution is 2.54. The van der Waals surface area contributed by atoms with Crippen molar-refractivity contribution in [2.75, 3.05) is 26.4 Å². The molecule has 5 nitrogen and oxygen atoms in total. The summed E-state index contributed by atoms with van der Waals surface area (Å²) in [5.41, 5.74) is -0.0833. The van der Waals surface area contributed by atoms with Crippen molar-refractivity contribution in [2.24, 2.45) is 5.41 Å². The van der Waals surface area contributed by atoms with Gasteiger partial charge in [-0.3, -0.25) is 4.79 Å². The highest BCUT2D eigenvalue weighted by Gasteiger charge is 2.55. The molecule has 0 radical (unpaired) electrons. The molecule has 0 bridgehead atoms. The number of hydrogen-bond acceptors (Lipinski definition) is 5. The summed E-state index contributed by atoms with van der Waals surface area (Å²) >= 11 is 0. The monoisotopic (exact) mass is 286 g/mol. The Hall–Kier alpha value is -0.650. The number of rotatable bonds is 6. The standard InChI is InChI=1S/C15H26O5/c1-2-14(8-5-13(17)18-10-9-16)6-3-4-7-15(14)19-11-12-20-15/h16H,2-12H2,1H3/t14-/m0/s1. The Morgan fingerprint density at radius 1 is 1.25 bits per heavy atom. The van der Waals surface area contributed by atoms with Crippen molar-refractivity contribution in [3.05, 3.63) is 0 Å². The predicted octanol–water partition coefficient (Wildman–Crippen LogP) is 2.02. The molecule has 0 aromatic heterocycles. The topological polar surface area (TPSA) is 65.0 Å². The molecule has 1 N–H and O–H groups in total. The zero-order valence-electron chi connectivity index (χ0n) is 12.4. The van der Waals surface area contributed by atoms with E-state index < -0.39 is 5.79 Å². The fourth-order valence-corrected chi connectivity index (χ4v) is 3.69. The molecule has 2 aliphatic rings. The van der Waals surface area contributed by atoms with Crippen molar-refractivity contribution >= 4 is 5.97 Å². The summed E-state index contributed by atoms with van der Waals surface area (Å²) in [5, 5.41) is 8.68. The maximum atomic E-state index is 11.7. The summed E-state index contributed by atoms with van der Waals surface area (Å²) < 4.78 is 16.9. The van der Waals surface area contributed by atoms with Crippen molar-refractivity contribution in [3.63, 3.8) is 0 Å². The number of carbonyl (C=O) groups is 1. The summed E-state index contributed by atoms with van der Waals surface area (Å²) in [4.78, 5) is 11.7. The molecule has 1 spiro atoms. The lowest BCUT2D eigenvalue weighted by Crippen LogP contribution is -2.51. The third kappa shape index (κ3) is 3.00. The Kier molecular flexibility index (Phi) is 5.41. The second-order valence-corrected chi connectivity index (χ2v) is 5.73. The number of carbonyl (C=O) groups excluding carboxylic acids is 1. The van der Waals surface area contributed by atoms with Gasteiger partial charge in [-0.15, -0.1) is 0 Å². The van der Waals surface area contributed by atoms with Crippen LogP contribution >= 0.6 is 0 Å². The molecule has 20 heavy (non-hydrogen) atoms. The summed E-state index contributed by atoms with van der Waals surface area (Å²) in [6.07, 6.45) is 6.28. The van der Waals surface area contributed by atoms with Gasteiger partial charge in [0.2, 0.25) is 0 Å². The van der Waals surface area contributed by atoms with Crippen LogP contribution in [0, 0.1) is 5.41 Å². The molecule has 1 aliphatic carbocycles. The van der Waals surface area contributed by atoms with Gasteiger partial charge in [-0.1, -0.05) is 13.3 Å². The third-order valence-corrected chi connectivity index (χ3v) is 4.81. The maximum Gasteiger partial charge on any atom is 0.305 e. The van der Waals surface area contributed by atoms with Crippen LogP contribution in [-0.2, 0) is 19.0 Å². The quantitative estimate of drug-likeness (QED) is 0.757. The lowest BCUT2D eigenvalue weighted by molar-refractivity contribution is -0.260. The highest BCUT2D eigenvalue weighted by atomic mass is 16.7. The molecule has 1 aliphatic heterocycles. The SMILES string of the molecule is CC[C@@]1(CCC(=O)OCCO)CCCCC12OCCO2. The van der Waals surface area contributed by atoms with Crippen molar-refractivity contribution < 1.29 is 24.1 Å². The van der Waals surface area contributed by atoms with Gasteiger partial charge in [-0.05, 0) is 25.7 Å². The molecule has 0 unspecified atom stereocenters. The van der Waals surface area contributed by atoms with E-state index in [4.69, 9.17) is 19.3 Å². The molecule has 1 atom stereocenters. The van der Waals surface area contributed by atoms with Crippen LogP contribution in [0.4, 0.5) is 0 Å². The normalized spacial score (nSPS) is 28.7. The van der Waals surface area contributed by atoms with Crippen LogP contribution in [0.5, 0.6) is 0 Å². The van der Waals surface area contributed by atoms with Gasteiger partial charge >= 0.3 is 5.97 Å². The van der Waals surface area contributed by atoms with E-state index in [1.807, 2.05) is 0 Å². The van der Waals surface area contributed by atoms with E-state index in [0.29, 0.717) is 19.6 Å². The second kappa shape index (κ2) is 6.87. The van der Waals surface area contributed by atoms with Crippen LogP contribution in [0.15, 0.2) is 0 Å².